The van der Waals surface area contributed by atoms with Crippen molar-refractivity contribution in [2.45, 2.75) is 63.1 Å². The van der Waals surface area contributed by atoms with Crippen LogP contribution in [0.25, 0.3) is 11.1 Å². The Bertz CT molecular complexity index is 1400. The van der Waals surface area contributed by atoms with E-state index in [1.807, 2.05) is 45.0 Å². The molecule has 2 aromatic carbocycles. The Morgan fingerprint density at radius 2 is 1.90 bits per heavy atom. The zero-order valence-electron chi connectivity index (χ0n) is 24.0. The van der Waals surface area contributed by atoms with Crippen LogP contribution in [0.3, 0.4) is 0 Å². The van der Waals surface area contributed by atoms with Gasteiger partial charge in [0.2, 0.25) is 0 Å². The molecule has 0 radical (unpaired) electrons. The Balaban J connectivity index is 1.27. The van der Waals surface area contributed by atoms with Gasteiger partial charge >= 0.3 is 6.09 Å². The number of ether oxygens (including phenoxy) is 4. The third-order valence-corrected chi connectivity index (χ3v) is 8.58. The predicted molar refractivity (Wildman–Crippen MR) is 158 cm³/mol. The second-order valence-electron chi connectivity index (χ2n) is 11.9. The second kappa shape index (κ2) is 11.6. The van der Waals surface area contributed by atoms with Crippen LogP contribution >= 0.6 is 15.9 Å². The molecule has 1 saturated heterocycles. The summed E-state index contributed by atoms with van der Waals surface area (Å²) in [5, 5.41) is 0. The van der Waals surface area contributed by atoms with E-state index in [1.54, 1.807) is 18.1 Å². The molecule has 1 fully saturated rings. The fourth-order valence-corrected chi connectivity index (χ4v) is 6.20. The summed E-state index contributed by atoms with van der Waals surface area (Å²) in [6.07, 6.45) is 1.75. The molecule has 0 saturated carbocycles. The number of alkyl halides is 1. The molecule has 3 aliphatic rings. The van der Waals surface area contributed by atoms with Gasteiger partial charge in [-0.1, -0.05) is 34.6 Å². The van der Waals surface area contributed by atoms with E-state index in [1.165, 1.54) is 0 Å². The molecule has 9 heteroatoms. The van der Waals surface area contributed by atoms with Crippen LogP contribution in [0.15, 0.2) is 42.7 Å². The molecular formula is C32H36BrNO7. The Kier molecular flexibility index (Phi) is 8.30. The molecule has 0 bridgehead atoms. The van der Waals surface area contributed by atoms with Gasteiger partial charge in [-0.15, -0.1) is 0 Å². The van der Waals surface area contributed by atoms with Crippen LogP contribution in [-0.2, 0) is 27.2 Å². The molecule has 2 heterocycles. The normalized spacial score (nSPS) is 21.3. The molecule has 1 unspecified atom stereocenters. The highest BCUT2D eigenvalue weighted by Crippen LogP contribution is 2.42. The molecular weight excluding hydrogens is 590 g/mol. The Morgan fingerprint density at radius 1 is 1.12 bits per heavy atom. The molecule has 0 aromatic heterocycles. The van der Waals surface area contributed by atoms with Gasteiger partial charge in [-0.25, -0.2) is 4.79 Å². The summed E-state index contributed by atoms with van der Waals surface area (Å²) in [6.45, 7) is 10.6. The third-order valence-electron chi connectivity index (χ3n) is 7.70. The first-order chi connectivity index (χ1) is 19.4. The highest BCUT2D eigenvalue weighted by atomic mass is 79.9. The van der Waals surface area contributed by atoms with E-state index < -0.39 is 17.7 Å². The summed E-state index contributed by atoms with van der Waals surface area (Å²) >= 11 is 3.47. The van der Waals surface area contributed by atoms with Crippen LogP contribution in [0, 0.1) is 5.92 Å². The number of hydrogen-bond donors (Lipinski definition) is 0. The van der Waals surface area contributed by atoms with Crippen LogP contribution in [0.2, 0.25) is 0 Å². The highest BCUT2D eigenvalue weighted by Gasteiger charge is 2.40. The number of nitrogens with zero attached hydrogens (tertiary/aromatic N) is 1. The van der Waals surface area contributed by atoms with Crippen molar-refractivity contribution >= 4 is 33.6 Å². The first-order valence-electron chi connectivity index (χ1n) is 13.9. The first-order valence-corrected chi connectivity index (χ1v) is 14.8. The van der Waals surface area contributed by atoms with Crippen LogP contribution in [0.5, 0.6) is 5.75 Å². The SMILES string of the molecule is C=C(OCC(=O)c1ccc2c(c1)COc1cc3c(cc1-2)CCC(Br)C3=O)[C@@H]1C[C@H](COC)CN1C(=O)OC(C)(C)C. The Hall–Kier alpha value is -3.17. The number of carbonyl (C=O) groups is 3. The van der Waals surface area contributed by atoms with E-state index in [0.717, 1.165) is 35.1 Å². The summed E-state index contributed by atoms with van der Waals surface area (Å²) in [7, 11) is 1.63. The molecule has 8 nitrogen and oxygen atoms in total. The molecule has 3 atom stereocenters. The topological polar surface area (TPSA) is 91.4 Å². The van der Waals surface area contributed by atoms with Gasteiger partial charge in [-0.3, -0.25) is 14.5 Å². The summed E-state index contributed by atoms with van der Waals surface area (Å²) in [6, 6.07) is 9.04. The minimum absolute atomic E-state index is 0.0898. The molecule has 2 aromatic rings. The van der Waals surface area contributed by atoms with E-state index in [2.05, 4.69) is 22.5 Å². The lowest BCUT2D eigenvalue weighted by molar-refractivity contribution is 0.0195. The van der Waals surface area contributed by atoms with Crippen LogP contribution in [0.4, 0.5) is 4.79 Å². The summed E-state index contributed by atoms with van der Waals surface area (Å²) in [5.41, 5.74) is 4.43. The van der Waals surface area contributed by atoms with E-state index in [4.69, 9.17) is 18.9 Å². The number of halogens is 1. The quantitative estimate of drug-likeness (QED) is 0.208. The van der Waals surface area contributed by atoms with E-state index in [-0.39, 0.29) is 28.9 Å². The largest absolute Gasteiger partial charge is 0.488 e. The van der Waals surface area contributed by atoms with Crippen LogP contribution in [-0.4, -0.2) is 65.9 Å². The number of rotatable bonds is 7. The smallest absolute Gasteiger partial charge is 0.410 e. The van der Waals surface area contributed by atoms with Gasteiger partial charge in [-0.2, -0.15) is 0 Å². The summed E-state index contributed by atoms with van der Waals surface area (Å²) < 4.78 is 22.8. The number of benzene rings is 2. The standard InChI is InChI=1S/C32H36BrNO7/c1-18(27-10-19(15-38-5)14-34(27)31(37)41-32(2,3)4)39-17-28(35)21-6-8-23-22(11-21)16-40-29-13-24-20(12-25(23)29)7-9-26(33)30(24)36/h6,8,11-13,19,26-27H,1,7,9-10,14-17H2,2-5H3/t19-,26?,27-/m0/s1. The van der Waals surface area contributed by atoms with Gasteiger partial charge in [0.1, 0.15) is 23.7 Å². The maximum absolute atomic E-state index is 13.1. The molecule has 41 heavy (non-hydrogen) atoms. The number of aryl methyl sites for hydroxylation is 1. The zero-order chi connectivity index (χ0) is 29.5. The first kappa shape index (κ1) is 29.3. The van der Waals surface area contributed by atoms with Crippen molar-refractivity contribution in [1.29, 1.82) is 0 Å². The summed E-state index contributed by atoms with van der Waals surface area (Å²) in [4.78, 5) is 40.1. The van der Waals surface area contributed by atoms with Crippen molar-refractivity contribution < 1.29 is 33.3 Å². The third kappa shape index (κ3) is 6.21. The molecule has 218 valence electrons. The molecule has 1 amide bonds. The van der Waals surface area contributed by atoms with Crippen LogP contribution < -0.4 is 4.74 Å². The number of likely N-dealkylation sites (tertiary alicyclic amines) is 1. The molecule has 0 N–H and O–H groups in total. The number of carbonyl (C=O) groups excluding carboxylic acids is 3. The second-order valence-corrected chi connectivity index (χ2v) is 13.0. The zero-order valence-corrected chi connectivity index (χ0v) is 25.5. The molecule has 0 spiro atoms. The van der Waals surface area contributed by atoms with Crippen molar-refractivity contribution in [1.82, 2.24) is 4.90 Å². The summed E-state index contributed by atoms with van der Waals surface area (Å²) in [5.74, 6) is 1.04. The van der Waals surface area contributed by atoms with Gasteiger partial charge in [-0.05, 0) is 74.9 Å². The van der Waals surface area contributed by atoms with E-state index in [0.29, 0.717) is 48.8 Å². The van der Waals surface area contributed by atoms with Gasteiger partial charge in [0.15, 0.2) is 18.2 Å². The van der Waals surface area contributed by atoms with Gasteiger partial charge in [0.05, 0.1) is 17.5 Å². The van der Waals surface area contributed by atoms with E-state index in [9.17, 15) is 14.4 Å². The lowest BCUT2D eigenvalue weighted by atomic mass is 9.85. The Labute approximate surface area is 249 Å². The number of Topliss-reactive ketones (excluding diaryl/α,β-unsaturated/α-hetero) is 2. The Morgan fingerprint density at radius 3 is 2.63 bits per heavy atom. The fourth-order valence-electron chi connectivity index (χ4n) is 5.72. The maximum Gasteiger partial charge on any atom is 0.410 e. The van der Waals surface area contributed by atoms with Crippen molar-refractivity contribution in [2.75, 3.05) is 26.9 Å². The van der Waals surface area contributed by atoms with Gasteiger partial charge in [0.25, 0.3) is 0 Å². The van der Waals surface area contributed by atoms with Crippen molar-refractivity contribution in [3.05, 3.63) is 64.9 Å². The predicted octanol–water partition coefficient (Wildman–Crippen LogP) is 6.12. The number of methoxy groups -OCH3 is 1. The fraction of sp³-hybridized carbons (Fsp3) is 0.469. The van der Waals surface area contributed by atoms with Crippen molar-refractivity contribution in [2.24, 2.45) is 5.92 Å². The van der Waals surface area contributed by atoms with Crippen molar-refractivity contribution in [3.8, 4) is 16.9 Å². The number of ketones is 2. The number of amides is 1. The molecule has 2 aliphatic heterocycles. The number of hydrogen-bond acceptors (Lipinski definition) is 7. The average molecular weight is 627 g/mol. The minimum atomic E-state index is -0.636. The van der Waals surface area contributed by atoms with E-state index >= 15 is 0 Å². The van der Waals surface area contributed by atoms with Gasteiger partial charge < -0.3 is 18.9 Å². The molecule has 1 aliphatic carbocycles. The average Bonchev–Trinajstić information content (AvgIpc) is 3.36. The van der Waals surface area contributed by atoms with Crippen LogP contribution in [0.1, 0.15) is 65.5 Å². The van der Waals surface area contributed by atoms with Crippen molar-refractivity contribution in [3.63, 3.8) is 0 Å². The monoisotopic (exact) mass is 625 g/mol. The lowest BCUT2D eigenvalue weighted by Gasteiger charge is -2.29. The highest BCUT2D eigenvalue weighted by molar-refractivity contribution is 9.10. The van der Waals surface area contributed by atoms with Gasteiger partial charge in [0, 0.05) is 36.3 Å². The minimum Gasteiger partial charge on any atom is -0.488 e. The number of fused-ring (bicyclic) bond motifs is 4. The lowest BCUT2D eigenvalue weighted by Crippen LogP contribution is -2.41. The maximum atomic E-state index is 13.1. The molecule has 5 rings (SSSR count).